The molecule has 0 heterocycles. The molecule has 1 amide bonds. The van der Waals surface area contributed by atoms with Gasteiger partial charge in [0.2, 0.25) is 0 Å². The SMILES string of the molecule is COc1ccc(NC(=O)/C(C#N)=C\c2cc(Cl)c(OC)c(OC)c2)cc1. The first-order valence-corrected chi connectivity index (χ1v) is 7.89. The Morgan fingerprint density at radius 2 is 1.81 bits per heavy atom. The van der Waals surface area contributed by atoms with Crippen molar-refractivity contribution in [3.05, 3.63) is 52.6 Å². The van der Waals surface area contributed by atoms with Crippen LogP contribution in [0.2, 0.25) is 5.02 Å². The van der Waals surface area contributed by atoms with Crippen molar-refractivity contribution >= 4 is 29.3 Å². The first-order valence-electron chi connectivity index (χ1n) is 7.51. The highest BCUT2D eigenvalue weighted by molar-refractivity contribution is 6.32. The summed E-state index contributed by atoms with van der Waals surface area (Å²) in [6.45, 7) is 0. The second-order valence-electron chi connectivity index (χ2n) is 5.09. The number of carbonyl (C=O) groups excluding carboxylic acids is 1. The number of methoxy groups -OCH3 is 3. The highest BCUT2D eigenvalue weighted by Crippen LogP contribution is 2.36. The van der Waals surface area contributed by atoms with E-state index < -0.39 is 5.91 Å². The van der Waals surface area contributed by atoms with E-state index in [1.165, 1.54) is 20.3 Å². The summed E-state index contributed by atoms with van der Waals surface area (Å²) in [4.78, 5) is 12.3. The predicted octanol–water partition coefficient (Wildman–Crippen LogP) is 3.91. The lowest BCUT2D eigenvalue weighted by atomic mass is 10.1. The number of hydrogen-bond donors (Lipinski definition) is 1. The molecule has 0 spiro atoms. The van der Waals surface area contributed by atoms with E-state index in [2.05, 4.69) is 5.32 Å². The Labute approximate surface area is 156 Å². The van der Waals surface area contributed by atoms with Gasteiger partial charge in [0.05, 0.1) is 26.4 Å². The molecular formula is C19H17ClN2O4. The van der Waals surface area contributed by atoms with Crippen molar-refractivity contribution < 1.29 is 19.0 Å². The maximum atomic E-state index is 12.3. The molecule has 2 aromatic rings. The molecule has 0 radical (unpaired) electrons. The van der Waals surface area contributed by atoms with Crippen molar-refractivity contribution in [2.24, 2.45) is 0 Å². The molecule has 0 atom stereocenters. The molecule has 0 aliphatic carbocycles. The van der Waals surface area contributed by atoms with E-state index >= 15 is 0 Å². The van der Waals surface area contributed by atoms with Gasteiger partial charge < -0.3 is 19.5 Å². The number of rotatable bonds is 6. The highest BCUT2D eigenvalue weighted by Gasteiger charge is 2.13. The molecule has 26 heavy (non-hydrogen) atoms. The van der Waals surface area contributed by atoms with Crippen LogP contribution < -0.4 is 19.5 Å². The first-order chi connectivity index (χ1) is 12.5. The van der Waals surface area contributed by atoms with Gasteiger partial charge in [-0.1, -0.05) is 11.6 Å². The summed E-state index contributed by atoms with van der Waals surface area (Å²) in [5, 5.41) is 12.3. The average molecular weight is 373 g/mol. The number of nitriles is 1. The molecule has 0 bridgehead atoms. The Hall–Kier alpha value is -3.17. The Kier molecular flexibility index (Phi) is 6.48. The normalized spacial score (nSPS) is 10.7. The second kappa shape index (κ2) is 8.79. The quantitative estimate of drug-likeness (QED) is 0.614. The third kappa shape index (κ3) is 4.47. The molecule has 0 aromatic heterocycles. The minimum Gasteiger partial charge on any atom is -0.497 e. The summed E-state index contributed by atoms with van der Waals surface area (Å²) in [7, 11) is 4.50. The number of nitrogens with one attached hydrogen (secondary N) is 1. The molecular weight excluding hydrogens is 356 g/mol. The van der Waals surface area contributed by atoms with Gasteiger partial charge in [0.1, 0.15) is 17.4 Å². The number of anilines is 1. The van der Waals surface area contributed by atoms with Crippen molar-refractivity contribution in [3.8, 4) is 23.3 Å². The highest BCUT2D eigenvalue weighted by atomic mass is 35.5. The van der Waals surface area contributed by atoms with Crippen LogP contribution in [-0.2, 0) is 4.79 Å². The number of hydrogen-bond acceptors (Lipinski definition) is 5. The largest absolute Gasteiger partial charge is 0.497 e. The van der Waals surface area contributed by atoms with Gasteiger partial charge in [0.15, 0.2) is 11.5 Å². The molecule has 0 saturated heterocycles. The van der Waals surface area contributed by atoms with Crippen molar-refractivity contribution in [3.63, 3.8) is 0 Å². The zero-order valence-corrected chi connectivity index (χ0v) is 15.3. The van der Waals surface area contributed by atoms with Gasteiger partial charge in [-0.05, 0) is 48.0 Å². The van der Waals surface area contributed by atoms with Crippen LogP contribution >= 0.6 is 11.6 Å². The minimum absolute atomic E-state index is 0.0795. The van der Waals surface area contributed by atoms with Crippen LogP contribution in [0.5, 0.6) is 17.2 Å². The number of carbonyl (C=O) groups is 1. The van der Waals surface area contributed by atoms with E-state index in [4.69, 9.17) is 25.8 Å². The third-order valence-corrected chi connectivity index (χ3v) is 3.76. The maximum Gasteiger partial charge on any atom is 0.266 e. The summed E-state index contributed by atoms with van der Waals surface area (Å²) in [5.41, 5.74) is 1.00. The predicted molar refractivity (Wildman–Crippen MR) is 99.8 cm³/mol. The molecule has 2 rings (SSSR count). The number of nitrogens with zero attached hydrogens (tertiary/aromatic N) is 1. The van der Waals surface area contributed by atoms with E-state index in [9.17, 15) is 10.1 Å². The van der Waals surface area contributed by atoms with Crippen molar-refractivity contribution in [1.82, 2.24) is 0 Å². The summed E-state index contributed by atoms with van der Waals surface area (Å²) in [6, 6.07) is 11.9. The molecule has 0 saturated carbocycles. The fourth-order valence-corrected chi connectivity index (χ4v) is 2.51. The lowest BCUT2D eigenvalue weighted by Gasteiger charge is -2.10. The van der Waals surface area contributed by atoms with Crippen LogP contribution in [0.25, 0.3) is 6.08 Å². The maximum absolute atomic E-state index is 12.3. The summed E-state index contributed by atoms with van der Waals surface area (Å²) >= 11 is 6.15. The van der Waals surface area contributed by atoms with Gasteiger partial charge in [0.25, 0.3) is 5.91 Å². The van der Waals surface area contributed by atoms with E-state index in [-0.39, 0.29) is 5.57 Å². The molecule has 6 nitrogen and oxygen atoms in total. The summed E-state index contributed by atoms with van der Waals surface area (Å²) in [5.74, 6) is 0.911. The molecule has 134 valence electrons. The van der Waals surface area contributed by atoms with Gasteiger partial charge in [-0.25, -0.2) is 0 Å². The van der Waals surface area contributed by atoms with Crippen LogP contribution in [0.1, 0.15) is 5.56 Å². The zero-order chi connectivity index (χ0) is 19.1. The van der Waals surface area contributed by atoms with E-state index in [0.29, 0.717) is 33.5 Å². The number of ether oxygens (including phenoxy) is 3. The molecule has 0 fully saturated rings. The Morgan fingerprint density at radius 3 is 2.35 bits per heavy atom. The van der Waals surface area contributed by atoms with Gasteiger partial charge in [0, 0.05) is 5.69 Å². The van der Waals surface area contributed by atoms with E-state index in [0.717, 1.165) is 0 Å². The lowest BCUT2D eigenvalue weighted by Crippen LogP contribution is -2.13. The van der Waals surface area contributed by atoms with Crippen LogP contribution in [0, 0.1) is 11.3 Å². The molecule has 0 unspecified atom stereocenters. The molecule has 2 aromatic carbocycles. The van der Waals surface area contributed by atoms with Crippen molar-refractivity contribution in [1.29, 1.82) is 5.26 Å². The van der Waals surface area contributed by atoms with Crippen LogP contribution in [0.3, 0.4) is 0 Å². The minimum atomic E-state index is -0.538. The number of amides is 1. The van der Waals surface area contributed by atoms with Gasteiger partial charge in [-0.3, -0.25) is 4.79 Å². The summed E-state index contributed by atoms with van der Waals surface area (Å²) in [6.07, 6.45) is 1.42. The number of halogens is 1. The second-order valence-corrected chi connectivity index (χ2v) is 5.50. The van der Waals surface area contributed by atoms with Gasteiger partial charge in [-0.2, -0.15) is 5.26 Å². The topological polar surface area (TPSA) is 80.6 Å². The Balaban J connectivity index is 2.27. The third-order valence-electron chi connectivity index (χ3n) is 3.48. The van der Waals surface area contributed by atoms with Crippen molar-refractivity contribution in [2.45, 2.75) is 0 Å². The van der Waals surface area contributed by atoms with Gasteiger partial charge >= 0.3 is 0 Å². The number of benzene rings is 2. The monoisotopic (exact) mass is 372 g/mol. The van der Waals surface area contributed by atoms with Gasteiger partial charge in [-0.15, -0.1) is 0 Å². The fraction of sp³-hybridized carbons (Fsp3) is 0.158. The lowest BCUT2D eigenvalue weighted by molar-refractivity contribution is -0.112. The summed E-state index contributed by atoms with van der Waals surface area (Å²) < 4.78 is 15.4. The van der Waals surface area contributed by atoms with E-state index in [1.54, 1.807) is 43.5 Å². The smallest absolute Gasteiger partial charge is 0.266 e. The zero-order valence-electron chi connectivity index (χ0n) is 14.5. The molecule has 0 aliphatic heterocycles. The Morgan fingerprint density at radius 1 is 1.12 bits per heavy atom. The van der Waals surface area contributed by atoms with Crippen LogP contribution in [0.4, 0.5) is 5.69 Å². The Bertz CT molecular complexity index is 870. The molecule has 0 aliphatic rings. The molecule has 7 heteroatoms. The molecule has 1 N–H and O–H groups in total. The van der Waals surface area contributed by atoms with E-state index in [1.807, 2.05) is 6.07 Å². The first kappa shape index (κ1) is 19.2. The standard InChI is InChI=1S/C19H17ClN2O4/c1-24-15-6-4-14(5-7-15)22-19(23)13(11-21)8-12-9-16(20)18(26-3)17(10-12)25-2/h4-10H,1-3H3,(H,22,23)/b13-8-. The van der Waals surface area contributed by atoms with Crippen LogP contribution in [-0.4, -0.2) is 27.2 Å². The average Bonchev–Trinajstić information content (AvgIpc) is 2.66. The fourth-order valence-electron chi connectivity index (χ4n) is 2.21. The van der Waals surface area contributed by atoms with Crippen molar-refractivity contribution in [2.75, 3.05) is 26.6 Å². The van der Waals surface area contributed by atoms with Crippen LogP contribution in [0.15, 0.2) is 42.0 Å².